The maximum absolute atomic E-state index is 12.9. The van der Waals surface area contributed by atoms with Crippen LogP contribution in [0.1, 0.15) is 47.4 Å². The van der Waals surface area contributed by atoms with Gasteiger partial charge in [-0.25, -0.2) is 0 Å². The molecule has 0 radical (unpaired) electrons. The van der Waals surface area contributed by atoms with Gasteiger partial charge in [0.15, 0.2) is 0 Å². The van der Waals surface area contributed by atoms with Crippen molar-refractivity contribution in [3.63, 3.8) is 0 Å². The molecule has 0 saturated heterocycles. The number of aliphatic hydroxyl groups is 1. The largest absolute Gasteiger partial charge is 0.393 e. The van der Waals surface area contributed by atoms with Crippen LogP contribution in [-0.4, -0.2) is 31.9 Å². The zero-order valence-electron chi connectivity index (χ0n) is 15.6. The van der Waals surface area contributed by atoms with E-state index in [9.17, 15) is 9.90 Å². The summed E-state index contributed by atoms with van der Waals surface area (Å²) in [6, 6.07) is 9.85. The Morgan fingerprint density at radius 2 is 2.11 bits per heavy atom. The highest BCUT2D eigenvalue weighted by molar-refractivity contribution is 5.95. The van der Waals surface area contributed by atoms with E-state index in [-0.39, 0.29) is 24.0 Å². The van der Waals surface area contributed by atoms with E-state index in [0.29, 0.717) is 18.4 Å². The Kier molecular flexibility index (Phi) is 4.66. The average molecular weight is 364 g/mol. The summed E-state index contributed by atoms with van der Waals surface area (Å²) in [4.78, 5) is 17.5. The molecule has 1 aromatic carbocycles. The van der Waals surface area contributed by atoms with Crippen LogP contribution in [0, 0.1) is 12.8 Å². The Morgan fingerprint density at radius 1 is 1.33 bits per heavy atom. The molecular formula is C21H24N4O2. The summed E-state index contributed by atoms with van der Waals surface area (Å²) in [5, 5.41) is 18.3. The number of benzene rings is 1. The summed E-state index contributed by atoms with van der Waals surface area (Å²) in [5.74, 6) is 0.0696. The second-order valence-corrected chi connectivity index (χ2v) is 7.26. The second kappa shape index (κ2) is 7.12. The quantitative estimate of drug-likeness (QED) is 0.729. The van der Waals surface area contributed by atoms with E-state index in [1.165, 1.54) is 0 Å². The monoisotopic (exact) mass is 364 g/mol. The summed E-state index contributed by atoms with van der Waals surface area (Å²) in [5.41, 5.74) is 3.36. The predicted octanol–water partition coefficient (Wildman–Crippen LogP) is 3.00. The highest BCUT2D eigenvalue weighted by atomic mass is 16.3. The van der Waals surface area contributed by atoms with Gasteiger partial charge in [-0.3, -0.25) is 14.5 Å². The van der Waals surface area contributed by atoms with Gasteiger partial charge >= 0.3 is 0 Å². The van der Waals surface area contributed by atoms with Crippen LogP contribution in [0.3, 0.4) is 0 Å². The molecule has 0 spiro atoms. The Morgan fingerprint density at radius 3 is 2.81 bits per heavy atom. The lowest BCUT2D eigenvalue weighted by Crippen LogP contribution is -2.41. The number of para-hydroxylation sites is 1. The molecule has 140 valence electrons. The van der Waals surface area contributed by atoms with Crippen molar-refractivity contribution in [3.05, 3.63) is 59.5 Å². The minimum absolute atomic E-state index is 0.133. The summed E-state index contributed by atoms with van der Waals surface area (Å²) in [6.45, 7) is 4.64. The molecule has 27 heavy (non-hydrogen) atoms. The molecule has 6 heteroatoms. The fraction of sp³-hybridized carbons (Fsp3) is 0.381. The van der Waals surface area contributed by atoms with Gasteiger partial charge in [0.2, 0.25) is 0 Å². The first-order valence-corrected chi connectivity index (χ1v) is 9.42. The number of hydrogen-bond acceptors (Lipinski definition) is 4. The first-order chi connectivity index (χ1) is 13.1. The topological polar surface area (TPSA) is 80.0 Å². The molecule has 1 unspecified atom stereocenters. The zero-order valence-corrected chi connectivity index (χ0v) is 15.6. The van der Waals surface area contributed by atoms with Gasteiger partial charge in [-0.15, -0.1) is 0 Å². The van der Waals surface area contributed by atoms with Gasteiger partial charge in [0.1, 0.15) is 0 Å². The predicted molar refractivity (Wildman–Crippen MR) is 103 cm³/mol. The lowest BCUT2D eigenvalue weighted by molar-refractivity contribution is 0.0235. The third-order valence-electron chi connectivity index (χ3n) is 5.53. The van der Waals surface area contributed by atoms with Crippen LogP contribution in [-0.2, 0) is 6.54 Å². The van der Waals surface area contributed by atoms with Crippen molar-refractivity contribution in [2.24, 2.45) is 5.92 Å². The summed E-state index contributed by atoms with van der Waals surface area (Å²) < 4.78 is 1.81. The van der Waals surface area contributed by atoms with Crippen molar-refractivity contribution >= 4 is 16.8 Å². The van der Waals surface area contributed by atoms with Crippen molar-refractivity contribution in [2.75, 3.05) is 0 Å². The van der Waals surface area contributed by atoms with Crippen molar-refractivity contribution in [1.29, 1.82) is 0 Å². The van der Waals surface area contributed by atoms with Crippen LogP contribution in [0.4, 0.5) is 0 Å². The number of nitrogens with zero attached hydrogens (tertiary/aromatic N) is 3. The molecule has 1 atom stereocenters. The van der Waals surface area contributed by atoms with Crippen LogP contribution in [0.2, 0.25) is 0 Å². The highest BCUT2D eigenvalue weighted by Crippen LogP contribution is 2.38. The van der Waals surface area contributed by atoms with Crippen LogP contribution < -0.4 is 5.32 Å². The van der Waals surface area contributed by atoms with Gasteiger partial charge in [-0.05, 0) is 50.3 Å². The van der Waals surface area contributed by atoms with E-state index in [0.717, 1.165) is 28.7 Å². The molecule has 1 amide bonds. The normalized spacial score (nSPS) is 20.3. The van der Waals surface area contributed by atoms with Gasteiger partial charge in [0, 0.05) is 23.8 Å². The molecule has 1 aliphatic carbocycles. The molecule has 3 aromatic rings. The van der Waals surface area contributed by atoms with Gasteiger partial charge in [-0.2, -0.15) is 5.10 Å². The molecule has 2 N–H and O–H groups in total. The Balaban J connectivity index is 1.64. The Hall–Kier alpha value is -2.73. The van der Waals surface area contributed by atoms with Crippen LogP contribution >= 0.6 is 0 Å². The van der Waals surface area contributed by atoms with Crippen molar-refractivity contribution in [1.82, 2.24) is 20.1 Å². The fourth-order valence-electron chi connectivity index (χ4n) is 3.84. The average Bonchev–Trinajstić information content (AvgIpc) is 3.04. The smallest absolute Gasteiger partial charge is 0.255 e. The molecule has 6 nitrogen and oxygen atoms in total. The molecule has 1 aliphatic rings. The fourth-order valence-corrected chi connectivity index (χ4v) is 3.84. The van der Waals surface area contributed by atoms with Crippen molar-refractivity contribution in [2.45, 2.75) is 45.4 Å². The Bertz CT molecular complexity index is 975. The number of fused-ring (bicyclic) bond motifs is 1. The number of carbonyl (C=O) groups excluding carboxylic acids is 1. The molecule has 0 aliphatic heterocycles. The number of rotatable bonds is 5. The number of nitrogens with one attached hydrogen (secondary N) is 1. The highest BCUT2D eigenvalue weighted by Gasteiger charge is 2.36. The van der Waals surface area contributed by atoms with Gasteiger partial charge < -0.3 is 10.4 Å². The SMILES string of the molecule is CCn1ncc(C(=O)NC(c2cnc3ccccc3c2)C2CC(O)C2)c1C. The van der Waals surface area contributed by atoms with E-state index in [1.54, 1.807) is 6.20 Å². The van der Waals surface area contributed by atoms with Crippen LogP contribution in [0.15, 0.2) is 42.7 Å². The maximum Gasteiger partial charge on any atom is 0.255 e. The molecule has 1 fully saturated rings. The zero-order chi connectivity index (χ0) is 19.0. The number of pyridine rings is 1. The number of aryl methyl sites for hydroxylation is 1. The van der Waals surface area contributed by atoms with E-state index in [1.807, 2.05) is 49.0 Å². The first-order valence-electron chi connectivity index (χ1n) is 9.42. The lowest BCUT2D eigenvalue weighted by atomic mass is 9.75. The minimum Gasteiger partial charge on any atom is -0.393 e. The molecule has 2 aromatic heterocycles. The van der Waals surface area contributed by atoms with E-state index < -0.39 is 0 Å². The van der Waals surface area contributed by atoms with Crippen molar-refractivity contribution in [3.8, 4) is 0 Å². The molecule has 2 heterocycles. The van der Waals surface area contributed by atoms with Gasteiger partial charge in [0.25, 0.3) is 5.91 Å². The molecule has 1 saturated carbocycles. The number of aliphatic hydroxyl groups excluding tert-OH is 1. The van der Waals surface area contributed by atoms with Crippen molar-refractivity contribution < 1.29 is 9.90 Å². The lowest BCUT2D eigenvalue weighted by Gasteiger charge is -2.38. The van der Waals surface area contributed by atoms with Gasteiger partial charge in [-0.1, -0.05) is 18.2 Å². The summed E-state index contributed by atoms with van der Waals surface area (Å²) in [6.07, 6.45) is 4.54. The van der Waals surface area contributed by atoms with Crippen LogP contribution in [0.5, 0.6) is 0 Å². The summed E-state index contributed by atoms with van der Waals surface area (Å²) in [7, 11) is 0. The maximum atomic E-state index is 12.9. The summed E-state index contributed by atoms with van der Waals surface area (Å²) >= 11 is 0. The number of aromatic nitrogens is 3. The van der Waals surface area contributed by atoms with E-state index >= 15 is 0 Å². The number of hydrogen-bond donors (Lipinski definition) is 2. The standard InChI is InChI=1S/C21H24N4O2/c1-3-25-13(2)18(12-23-25)21(27)24-20(15-9-17(26)10-15)16-8-14-6-4-5-7-19(14)22-11-16/h4-8,11-12,15,17,20,26H,3,9-10H2,1-2H3,(H,24,27). The van der Waals surface area contributed by atoms with E-state index in [2.05, 4.69) is 21.5 Å². The third-order valence-corrected chi connectivity index (χ3v) is 5.53. The van der Waals surface area contributed by atoms with E-state index in [4.69, 9.17) is 0 Å². The van der Waals surface area contributed by atoms with Crippen LogP contribution in [0.25, 0.3) is 10.9 Å². The number of amides is 1. The minimum atomic E-state index is -0.285. The van der Waals surface area contributed by atoms with Gasteiger partial charge in [0.05, 0.1) is 29.4 Å². The molecule has 0 bridgehead atoms. The second-order valence-electron chi connectivity index (χ2n) is 7.26. The first kappa shape index (κ1) is 17.7. The molecular weight excluding hydrogens is 340 g/mol. The Labute approximate surface area is 158 Å². The number of carbonyl (C=O) groups is 1. The third kappa shape index (κ3) is 3.32. The molecule has 4 rings (SSSR count).